The minimum Gasteiger partial charge on any atom is -0.313 e. The Hall–Kier alpha value is -2.61. The van der Waals surface area contributed by atoms with Crippen LogP contribution in [0.25, 0.3) is 0 Å². The van der Waals surface area contributed by atoms with Gasteiger partial charge in [0.1, 0.15) is 12.1 Å². The van der Waals surface area contributed by atoms with E-state index >= 15 is 0 Å². The van der Waals surface area contributed by atoms with E-state index in [4.69, 9.17) is 11.6 Å². The first kappa shape index (κ1) is 20.1. The van der Waals surface area contributed by atoms with Crippen molar-refractivity contribution >= 4 is 35.4 Å². The summed E-state index contributed by atoms with van der Waals surface area (Å²) in [7, 11) is 1.61. The van der Waals surface area contributed by atoms with E-state index in [1.165, 1.54) is 4.90 Å². The van der Waals surface area contributed by atoms with Crippen molar-refractivity contribution in [3.63, 3.8) is 0 Å². The average Bonchev–Trinajstić information content (AvgIpc) is 2.85. The Morgan fingerprint density at radius 3 is 2.29 bits per heavy atom. The minimum absolute atomic E-state index is 0.0604. The van der Waals surface area contributed by atoms with Gasteiger partial charge in [-0.1, -0.05) is 43.0 Å². The van der Waals surface area contributed by atoms with Crippen LogP contribution >= 0.6 is 11.6 Å². The summed E-state index contributed by atoms with van der Waals surface area (Å²) in [5.41, 5.74) is 4.47. The van der Waals surface area contributed by atoms with Gasteiger partial charge in [-0.15, -0.1) is 0 Å². The molecule has 1 spiro atoms. The molecule has 0 aromatic heterocycles. The zero-order valence-corrected chi connectivity index (χ0v) is 16.4. The Morgan fingerprint density at radius 2 is 1.64 bits per heavy atom. The van der Waals surface area contributed by atoms with Crippen molar-refractivity contribution in [2.45, 2.75) is 44.1 Å². The topological polar surface area (TPSA) is 98.8 Å². The predicted octanol–water partition coefficient (Wildman–Crippen LogP) is 1.63. The van der Waals surface area contributed by atoms with Gasteiger partial charge in [0.05, 0.1) is 6.42 Å². The van der Waals surface area contributed by atoms with Gasteiger partial charge < -0.3 is 4.90 Å². The molecule has 1 heterocycles. The van der Waals surface area contributed by atoms with Crippen LogP contribution in [0.3, 0.4) is 0 Å². The van der Waals surface area contributed by atoms with E-state index in [0.29, 0.717) is 17.9 Å². The first-order chi connectivity index (χ1) is 13.3. The number of nitrogens with zero attached hydrogens (tertiary/aromatic N) is 2. The Morgan fingerprint density at radius 1 is 1.04 bits per heavy atom. The van der Waals surface area contributed by atoms with Crippen LogP contribution in [0.1, 0.15) is 37.7 Å². The molecule has 3 rings (SSSR count). The van der Waals surface area contributed by atoms with Gasteiger partial charge in [0, 0.05) is 12.1 Å². The van der Waals surface area contributed by atoms with Crippen LogP contribution < -0.4 is 10.9 Å². The first-order valence-electron chi connectivity index (χ1n) is 9.25. The lowest BCUT2D eigenvalue weighted by Crippen LogP contribution is -2.50. The third-order valence-electron chi connectivity index (χ3n) is 5.40. The van der Waals surface area contributed by atoms with Crippen molar-refractivity contribution in [3.8, 4) is 0 Å². The van der Waals surface area contributed by atoms with Crippen molar-refractivity contribution in [3.05, 3.63) is 34.9 Å². The first-order valence-corrected chi connectivity index (χ1v) is 9.63. The summed E-state index contributed by atoms with van der Waals surface area (Å²) in [5.74, 6) is -1.38. The van der Waals surface area contributed by atoms with Gasteiger partial charge in [-0.05, 0) is 30.5 Å². The van der Waals surface area contributed by atoms with Crippen molar-refractivity contribution in [1.82, 2.24) is 20.7 Å². The number of amides is 5. The molecule has 0 bridgehead atoms. The second-order valence-corrected chi connectivity index (χ2v) is 7.66. The molecule has 150 valence electrons. The van der Waals surface area contributed by atoms with Gasteiger partial charge in [0.25, 0.3) is 11.8 Å². The molecule has 8 nitrogen and oxygen atoms in total. The molecule has 28 heavy (non-hydrogen) atoms. The average molecular weight is 407 g/mol. The van der Waals surface area contributed by atoms with Gasteiger partial charge >= 0.3 is 6.03 Å². The molecular formula is C19H23ClN4O4. The fourth-order valence-corrected chi connectivity index (χ4v) is 3.95. The Bertz CT molecular complexity index is 790. The summed E-state index contributed by atoms with van der Waals surface area (Å²) in [6.07, 6.45) is 4.09. The highest BCUT2D eigenvalue weighted by atomic mass is 35.5. The number of imide groups is 1. The maximum absolute atomic E-state index is 12.8. The van der Waals surface area contributed by atoms with Crippen molar-refractivity contribution in [2.75, 3.05) is 13.6 Å². The number of halogens is 1. The summed E-state index contributed by atoms with van der Waals surface area (Å²) in [6, 6.07) is 6.29. The standard InChI is InChI=1S/C19H23ClN4O4/c1-23-18(28)24(17(27)19(23)9-3-2-4-10-19)12-16(26)22-21-15(25)11-13-5-7-14(20)8-6-13/h5-8H,2-4,9-12H2,1H3,(H,21,25)(H,22,26). The van der Waals surface area contributed by atoms with Crippen LogP contribution in [-0.4, -0.2) is 52.7 Å². The number of rotatable bonds is 4. The second kappa shape index (κ2) is 8.18. The number of urea groups is 1. The second-order valence-electron chi connectivity index (χ2n) is 7.22. The van der Waals surface area contributed by atoms with Gasteiger partial charge in [0.15, 0.2) is 0 Å². The molecule has 1 saturated carbocycles. The molecular weight excluding hydrogens is 384 g/mol. The lowest BCUT2D eigenvalue weighted by atomic mass is 9.81. The molecule has 2 N–H and O–H groups in total. The highest BCUT2D eigenvalue weighted by Crippen LogP contribution is 2.39. The van der Waals surface area contributed by atoms with Crippen molar-refractivity contribution in [1.29, 1.82) is 0 Å². The van der Waals surface area contributed by atoms with E-state index in [-0.39, 0.29) is 12.3 Å². The number of benzene rings is 1. The number of nitrogens with one attached hydrogen (secondary N) is 2. The van der Waals surface area contributed by atoms with Crippen LogP contribution in [0.4, 0.5) is 4.79 Å². The summed E-state index contributed by atoms with van der Waals surface area (Å²) >= 11 is 5.80. The third-order valence-corrected chi connectivity index (χ3v) is 5.66. The number of carbonyl (C=O) groups is 4. The van der Waals surface area contributed by atoms with Crippen LogP contribution in [0, 0.1) is 0 Å². The predicted molar refractivity (Wildman–Crippen MR) is 102 cm³/mol. The molecule has 1 aromatic carbocycles. The number of hydrogen-bond donors (Lipinski definition) is 2. The van der Waals surface area contributed by atoms with Gasteiger partial charge in [-0.2, -0.15) is 0 Å². The maximum atomic E-state index is 12.8. The zero-order chi connectivity index (χ0) is 20.3. The highest BCUT2D eigenvalue weighted by Gasteiger charge is 2.55. The van der Waals surface area contributed by atoms with E-state index < -0.39 is 29.9 Å². The molecule has 1 saturated heterocycles. The normalized spacial score (nSPS) is 18.5. The Balaban J connectivity index is 1.53. The summed E-state index contributed by atoms with van der Waals surface area (Å²) < 4.78 is 0. The Kier molecular flexibility index (Phi) is 5.88. The maximum Gasteiger partial charge on any atom is 0.327 e. The zero-order valence-electron chi connectivity index (χ0n) is 15.7. The molecule has 0 radical (unpaired) electrons. The monoisotopic (exact) mass is 406 g/mol. The smallest absolute Gasteiger partial charge is 0.313 e. The fourth-order valence-electron chi connectivity index (χ4n) is 3.83. The lowest BCUT2D eigenvalue weighted by Gasteiger charge is -2.35. The summed E-state index contributed by atoms with van der Waals surface area (Å²) in [5, 5.41) is 0.568. The van der Waals surface area contributed by atoms with Crippen LogP contribution in [-0.2, 0) is 20.8 Å². The third kappa shape index (κ3) is 3.96. The van der Waals surface area contributed by atoms with E-state index in [1.54, 1.807) is 31.3 Å². The molecule has 5 amide bonds. The quantitative estimate of drug-likeness (QED) is 0.586. The number of likely N-dealkylation sites (N-methyl/N-ethyl adjacent to an activating group) is 1. The molecule has 2 fully saturated rings. The molecule has 1 aliphatic carbocycles. The molecule has 2 aliphatic rings. The van der Waals surface area contributed by atoms with Crippen molar-refractivity contribution < 1.29 is 19.2 Å². The van der Waals surface area contributed by atoms with E-state index in [9.17, 15) is 19.2 Å². The highest BCUT2D eigenvalue weighted by molar-refractivity contribution is 6.30. The van der Waals surface area contributed by atoms with Crippen LogP contribution in [0.2, 0.25) is 5.02 Å². The van der Waals surface area contributed by atoms with E-state index in [0.717, 1.165) is 29.7 Å². The SMILES string of the molecule is CN1C(=O)N(CC(=O)NNC(=O)Cc2ccc(Cl)cc2)C(=O)C12CCCCC2. The van der Waals surface area contributed by atoms with Crippen LogP contribution in [0.15, 0.2) is 24.3 Å². The van der Waals surface area contributed by atoms with Gasteiger partial charge in [-0.3, -0.25) is 30.1 Å². The van der Waals surface area contributed by atoms with Crippen LogP contribution in [0.5, 0.6) is 0 Å². The Labute approximate surface area is 168 Å². The fraction of sp³-hybridized carbons (Fsp3) is 0.474. The summed E-state index contributed by atoms with van der Waals surface area (Å²) in [6.45, 7) is -0.426. The summed E-state index contributed by atoms with van der Waals surface area (Å²) in [4.78, 5) is 51.8. The number of carbonyl (C=O) groups excluding carboxylic acids is 4. The molecule has 9 heteroatoms. The minimum atomic E-state index is -0.826. The number of hydrogen-bond acceptors (Lipinski definition) is 4. The molecule has 0 unspecified atom stereocenters. The molecule has 1 aliphatic heterocycles. The van der Waals surface area contributed by atoms with E-state index in [1.807, 2.05) is 0 Å². The largest absolute Gasteiger partial charge is 0.327 e. The van der Waals surface area contributed by atoms with Gasteiger partial charge in [-0.25, -0.2) is 4.79 Å². The van der Waals surface area contributed by atoms with Crippen molar-refractivity contribution in [2.24, 2.45) is 0 Å². The lowest BCUT2D eigenvalue weighted by molar-refractivity contribution is -0.137. The van der Waals surface area contributed by atoms with Gasteiger partial charge in [0.2, 0.25) is 5.91 Å². The molecule has 0 atom stereocenters. The van der Waals surface area contributed by atoms with E-state index in [2.05, 4.69) is 10.9 Å². The number of hydrazine groups is 1. The molecule has 1 aromatic rings.